The second-order valence-electron chi connectivity index (χ2n) is 18.5. The van der Waals surface area contributed by atoms with E-state index in [0.717, 1.165) is 10.5 Å². The van der Waals surface area contributed by atoms with Gasteiger partial charge in [0.1, 0.15) is 35.9 Å². The molecular weight excluding hydrogens is 933 g/mol. The van der Waals surface area contributed by atoms with Crippen LogP contribution in [-0.4, -0.2) is 137 Å². The number of guanidine groups is 1. The van der Waals surface area contributed by atoms with Crippen LogP contribution in [0.25, 0.3) is 0 Å². The zero-order valence-electron chi connectivity index (χ0n) is 43.0. The molecule has 22 heteroatoms. The third-order valence-electron chi connectivity index (χ3n) is 12.2. The maximum atomic E-state index is 14.4. The molecule has 0 aromatic heterocycles. The Balaban J connectivity index is 2.75. The quantitative estimate of drug-likeness (QED) is 0.0386. The highest BCUT2D eigenvalue weighted by molar-refractivity contribution is 6.00. The fraction of sp³-hybridized carbons (Fsp3) is 0.560. The number of hydrogen-bond acceptors (Lipinski definition) is 11. The molecule has 1 heterocycles. The van der Waals surface area contributed by atoms with Gasteiger partial charge in [0.05, 0.1) is 24.0 Å². The average molecular weight is 1010 g/mol. The normalized spacial score (nSPS) is 25.7. The van der Waals surface area contributed by atoms with Crippen molar-refractivity contribution >= 4 is 59.2 Å². The predicted molar refractivity (Wildman–Crippen MR) is 269 cm³/mol. The molecular formula is C50H76N10O12. The van der Waals surface area contributed by atoms with Crippen molar-refractivity contribution in [1.82, 2.24) is 36.8 Å². The summed E-state index contributed by atoms with van der Waals surface area (Å²) in [6.45, 7) is 12.8. The van der Waals surface area contributed by atoms with Gasteiger partial charge in [-0.1, -0.05) is 94.8 Å². The van der Waals surface area contributed by atoms with Crippen LogP contribution in [0, 0.1) is 23.7 Å². The molecule has 0 unspecified atom stereocenters. The molecule has 0 radical (unpaired) electrons. The van der Waals surface area contributed by atoms with Crippen molar-refractivity contribution in [2.45, 2.75) is 136 Å². The summed E-state index contributed by atoms with van der Waals surface area (Å²) in [7, 11) is 2.89. The van der Waals surface area contributed by atoms with Crippen LogP contribution in [0.2, 0.25) is 0 Å². The maximum Gasteiger partial charge on any atom is 0.327 e. The van der Waals surface area contributed by atoms with Crippen LogP contribution in [-0.2, 0) is 54.3 Å². The molecule has 0 bridgehead atoms. The van der Waals surface area contributed by atoms with Gasteiger partial charge in [-0.15, -0.1) is 0 Å². The highest BCUT2D eigenvalue weighted by Gasteiger charge is 2.37. The zero-order valence-corrected chi connectivity index (χ0v) is 43.0. The summed E-state index contributed by atoms with van der Waals surface area (Å²) in [4.78, 5) is 127. The molecule has 7 amide bonds. The summed E-state index contributed by atoms with van der Waals surface area (Å²) >= 11 is 0. The van der Waals surface area contributed by atoms with Gasteiger partial charge in [0.25, 0.3) is 5.91 Å². The number of amides is 7. The van der Waals surface area contributed by atoms with Crippen molar-refractivity contribution in [2.75, 3.05) is 20.7 Å². The number of hydrogen-bond donors (Lipinski definition) is 10. The van der Waals surface area contributed by atoms with Gasteiger partial charge in [-0.3, -0.25) is 38.6 Å². The molecule has 0 saturated carbocycles. The number of carbonyl (C=O) groups excluding carboxylic acids is 7. The number of nitrogens with zero attached hydrogens (tertiary/aromatic N) is 2. The summed E-state index contributed by atoms with van der Waals surface area (Å²) in [6, 6.07) is 1.06. The molecule has 1 aromatic rings. The Bertz CT molecular complexity index is 2190. The number of ether oxygens (including phenoxy) is 1. The largest absolute Gasteiger partial charge is 0.480 e. The first-order valence-electron chi connectivity index (χ1n) is 24.0. The SMILES string of the molecule is CC=C1C(=O)N[C@H](C)C(=O)N[C@@H](CC(C)C)C(=O)N[C@@H](C(=O)O)[C@H](C)C(=O)N[C@@H](CCCN=C(N)N)C(=O)N[C@@H](/C=C/C(C)=C/[C@H](C)[C@H](Cc2ccccc2)OC)[C@H](C)C(=O)N[C@@H](C(=O)O)CCC(=O)N1C. The summed E-state index contributed by atoms with van der Waals surface area (Å²) in [5, 5.41) is 35.7. The minimum absolute atomic E-state index is 0.0134. The molecule has 12 N–H and O–H groups in total. The smallest absolute Gasteiger partial charge is 0.327 e. The molecule has 10 atom stereocenters. The van der Waals surface area contributed by atoms with E-state index in [1.54, 1.807) is 34.0 Å². The molecule has 22 nitrogen and oxygen atoms in total. The first-order chi connectivity index (χ1) is 33.8. The van der Waals surface area contributed by atoms with Crippen molar-refractivity contribution in [3.05, 3.63) is 71.5 Å². The number of carboxylic acids is 2. The van der Waals surface area contributed by atoms with Gasteiger partial charge < -0.3 is 63.2 Å². The number of aliphatic carboxylic acids is 2. The molecule has 1 saturated heterocycles. The van der Waals surface area contributed by atoms with E-state index >= 15 is 0 Å². The van der Waals surface area contributed by atoms with Crippen molar-refractivity contribution < 1.29 is 58.1 Å². The van der Waals surface area contributed by atoms with E-state index in [4.69, 9.17) is 16.2 Å². The van der Waals surface area contributed by atoms with Crippen molar-refractivity contribution in [3.63, 3.8) is 0 Å². The molecule has 2 rings (SSSR count). The highest BCUT2D eigenvalue weighted by atomic mass is 16.5. The van der Waals surface area contributed by atoms with Gasteiger partial charge in [0.2, 0.25) is 35.4 Å². The number of likely N-dealkylation sites (N-methyl/N-ethyl adjacent to an activating group) is 1. The minimum atomic E-state index is -1.88. The molecule has 1 aromatic carbocycles. The van der Waals surface area contributed by atoms with E-state index in [1.807, 2.05) is 43.3 Å². The van der Waals surface area contributed by atoms with Crippen LogP contribution in [0.3, 0.4) is 0 Å². The number of aliphatic imine (C=N–C) groups is 1. The number of nitrogens with two attached hydrogens (primary N) is 2. The standard InChI is InChI=1S/C50H76N10O12/c1-11-38-47(67)54-32(8)44(64)58-37(24-27(2)3)46(66)59-41(49(70)71)31(7)43(63)56-35(18-15-23-53-50(51)52)45(65)55-34(30(6)42(62)57-36(48(68)69)21-22-40(61)60(38)9)20-19-28(4)25-29(5)39(72-10)26-33-16-13-12-14-17-33/h11-14,16-17,19-20,25,27,29-32,34-37,39,41H,15,18,21-24,26H2,1-10H3,(H,54,67)(H,55,65)(H,56,63)(H,57,62)(H,58,64)(H,59,66)(H,68,69)(H,70,71)(H4,51,52,53)/b20-19+,28-25+,38-11?/t29-,30-,31-,32+,34-,35-,36+,37-,39-,41+/m0/s1. The molecule has 1 aliphatic heterocycles. The maximum absolute atomic E-state index is 14.4. The fourth-order valence-corrected chi connectivity index (χ4v) is 7.76. The number of carbonyl (C=O) groups is 9. The number of carboxylic acid groups (broad SMARTS) is 2. The van der Waals surface area contributed by atoms with Gasteiger partial charge in [-0.05, 0) is 64.4 Å². The second-order valence-corrected chi connectivity index (χ2v) is 18.5. The summed E-state index contributed by atoms with van der Waals surface area (Å²) in [6.07, 6.45) is 6.02. The van der Waals surface area contributed by atoms with Crippen LogP contribution in [0.4, 0.5) is 0 Å². The van der Waals surface area contributed by atoms with Crippen molar-refractivity contribution in [2.24, 2.45) is 40.1 Å². The van der Waals surface area contributed by atoms with E-state index in [1.165, 1.54) is 46.9 Å². The van der Waals surface area contributed by atoms with E-state index in [-0.39, 0.29) is 55.4 Å². The first kappa shape index (κ1) is 61.0. The van der Waals surface area contributed by atoms with Crippen LogP contribution in [0.15, 0.2) is 70.9 Å². The summed E-state index contributed by atoms with van der Waals surface area (Å²) < 4.78 is 5.82. The lowest BCUT2D eigenvalue weighted by molar-refractivity contribution is -0.146. The summed E-state index contributed by atoms with van der Waals surface area (Å²) in [5.41, 5.74) is 12.6. The number of benzene rings is 1. The Morgan fingerprint density at radius 3 is 2.01 bits per heavy atom. The van der Waals surface area contributed by atoms with E-state index in [9.17, 15) is 53.4 Å². The van der Waals surface area contributed by atoms with Gasteiger partial charge >= 0.3 is 11.9 Å². The predicted octanol–water partition coefficient (Wildman–Crippen LogP) is 1.01. The molecule has 1 aliphatic rings. The Morgan fingerprint density at radius 1 is 0.833 bits per heavy atom. The number of methoxy groups -OCH3 is 1. The van der Waals surface area contributed by atoms with Crippen LogP contribution < -0.4 is 43.4 Å². The van der Waals surface area contributed by atoms with Crippen molar-refractivity contribution in [1.29, 1.82) is 0 Å². The Hall–Kier alpha value is -7.10. The highest BCUT2D eigenvalue weighted by Crippen LogP contribution is 2.19. The van der Waals surface area contributed by atoms with Crippen LogP contribution >= 0.6 is 0 Å². The first-order valence-corrected chi connectivity index (χ1v) is 24.0. The van der Waals surface area contributed by atoms with Gasteiger partial charge in [-0.25, -0.2) is 9.59 Å². The monoisotopic (exact) mass is 1010 g/mol. The average Bonchev–Trinajstić information content (AvgIpc) is 3.31. The third-order valence-corrected chi connectivity index (χ3v) is 12.2. The Morgan fingerprint density at radius 2 is 1.44 bits per heavy atom. The Labute approximate surface area is 421 Å². The third kappa shape index (κ3) is 20.0. The lowest BCUT2D eigenvalue weighted by Gasteiger charge is -2.28. The fourth-order valence-electron chi connectivity index (χ4n) is 7.76. The lowest BCUT2D eigenvalue weighted by atomic mass is 9.94. The van der Waals surface area contributed by atoms with Gasteiger partial charge in [0.15, 0.2) is 5.96 Å². The molecule has 1 fully saturated rings. The second kappa shape index (κ2) is 29.9. The van der Waals surface area contributed by atoms with Crippen LogP contribution in [0.5, 0.6) is 0 Å². The van der Waals surface area contributed by atoms with Crippen molar-refractivity contribution in [3.8, 4) is 0 Å². The lowest BCUT2D eigenvalue weighted by Crippen LogP contribution is -2.59. The van der Waals surface area contributed by atoms with Crippen LogP contribution in [0.1, 0.15) is 93.1 Å². The summed E-state index contributed by atoms with van der Waals surface area (Å²) in [5.74, 6) is -12.4. The molecule has 0 aliphatic carbocycles. The van der Waals surface area contributed by atoms with E-state index in [2.05, 4.69) is 36.9 Å². The number of allylic oxidation sites excluding steroid dienone is 3. The molecule has 0 spiro atoms. The molecule has 72 heavy (non-hydrogen) atoms. The Kier molecular flexibility index (Phi) is 25.4. The van der Waals surface area contributed by atoms with E-state index in [0.29, 0.717) is 12.0 Å². The number of rotatable bonds is 15. The molecule has 398 valence electrons. The zero-order chi connectivity index (χ0) is 54.4. The minimum Gasteiger partial charge on any atom is -0.480 e. The topological polar surface area (TPSA) is 343 Å². The number of nitrogens with one attached hydrogen (secondary N) is 6. The van der Waals surface area contributed by atoms with Gasteiger partial charge in [0, 0.05) is 33.0 Å². The van der Waals surface area contributed by atoms with Gasteiger partial charge in [-0.2, -0.15) is 0 Å². The van der Waals surface area contributed by atoms with E-state index < -0.39 is 114 Å².